The summed E-state index contributed by atoms with van der Waals surface area (Å²) in [6.45, 7) is -0.920. The summed E-state index contributed by atoms with van der Waals surface area (Å²) in [4.78, 5) is 12.9. The van der Waals surface area contributed by atoms with Crippen molar-refractivity contribution in [3.63, 3.8) is 0 Å². The largest absolute Gasteiger partial charge is 0.481 e. The molecule has 1 N–H and O–H groups in total. The molecule has 1 aliphatic rings. The van der Waals surface area contributed by atoms with E-state index in [9.17, 15) is 13.6 Å². The van der Waals surface area contributed by atoms with Crippen LogP contribution in [0.3, 0.4) is 0 Å². The minimum absolute atomic E-state index is 0.128. The van der Waals surface area contributed by atoms with E-state index < -0.39 is 12.6 Å². The van der Waals surface area contributed by atoms with Crippen LogP contribution in [-0.2, 0) is 11.3 Å². The Morgan fingerprint density at radius 3 is 2.63 bits per heavy atom. The van der Waals surface area contributed by atoms with Gasteiger partial charge in [0.15, 0.2) is 0 Å². The van der Waals surface area contributed by atoms with E-state index in [1.807, 2.05) is 4.90 Å². The van der Waals surface area contributed by atoms with E-state index in [0.717, 1.165) is 12.1 Å². The van der Waals surface area contributed by atoms with Gasteiger partial charge in [-0.05, 0) is 30.7 Å². The molecule has 1 saturated heterocycles. The number of aliphatic carboxylic acids is 1. The zero-order valence-electron chi connectivity index (χ0n) is 10.3. The normalized spacial score (nSPS) is 19.8. The summed E-state index contributed by atoms with van der Waals surface area (Å²) < 4.78 is 28.2. The van der Waals surface area contributed by atoms with Crippen LogP contribution in [0.5, 0.6) is 5.75 Å². The van der Waals surface area contributed by atoms with Gasteiger partial charge in [-0.1, -0.05) is 12.1 Å². The number of alkyl halides is 2. The van der Waals surface area contributed by atoms with Crippen molar-refractivity contribution in [2.45, 2.75) is 19.6 Å². The van der Waals surface area contributed by atoms with Gasteiger partial charge in [0, 0.05) is 13.1 Å². The number of carboxylic acids is 1. The first-order valence-electron chi connectivity index (χ1n) is 6.03. The fourth-order valence-electron chi connectivity index (χ4n) is 2.21. The van der Waals surface area contributed by atoms with Crippen LogP contribution in [0.2, 0.25) is 0 Å². The number of hydrogen-bond acceptors (Lipinski definition) is 3. The van der Waals surface area contributed by atoms with Crippen molar-refractivity contribution >= 4 is 5.97 Å². The van der Waals surface area contributed by atoms with E-state index in [1.54, 1.807) is 12.1 Å². The van der Waals surface area contributed by atoms with Gasteiger partial charge in [-0.3, -0.25) is 9.69 Å². The van der Waals surface area contributed by atoms with Gasteiger partial charge in [0.2, 0.25) is 0 Å². The standard InChI is InChI=1S/C13H15F2NO3/c14-13(15)19-11-3-1-9(2-4-11)7-16-6-5-10(8-16)12(17)18/h1-4,10,13H,5-8H2,(H,17,18). The molecule has 4 nitrogen and oxygen atoms in total. The second-order valence-electron chi connectivity index (χ2n) is 4.58. The number of ether oxygens (including phenoxy) is 1. The highest BCUT2D eigenvalue weighted by Crippen LogP contribution is 2.20. The Kier molecular flexibility index (Phi) is 4.31. The molecule has 1 heterocycles. The van der Waals surface area contributed by atoms with Crippen LogP contribution in [0.4, 0.5) is 8.78 Å². The maximum absolute atomic E-state index is 12.0. The van der Waals surface area contributed by atoms with Crippen molar-refractivity contribution in [1.82, 2.24) is 4.90 Å². The van der Waals surface area contributed by atoms with Gasteiger partial charge < -0.3 is 9.84 Å². The summed E-state index contributed by atoms with van der Waals surface area (Å²) in [7, 11) is 0. The number of carboxylic acid groups (broad SMARTS) is 1. The fraction of sp³-hybridized carbons (Fsp3) is 0.462. The van der Waals surface area contributed by atoms with Crippen molar-refractivity contribution in [1.29, 1.82) is 0 Å². The van der Waals surface area contributed by atoms with Gasteiger partial charge in [-0.2, -0.15) is 8.78 Å². The maximum atomic E-state index is 12.0. The van der Waals surface area contributed by atoms with Crippen LogP contribution in [0.25, 0.3) is 0 Å². The Balaban J connectivity index is 1.88. The van der Waals surface area contributed by atoms with E-state index in [1.165, 1.54) is 12.1 Å². The van der Waals surface area contributed by atoms with E-state index in [-0.39, 0.29) is 11.7 Å². The van der Waals surface area contributed by atoms with Gasteiger partial charge in [0.05, 0.1) is 5.92 Å². The molecule has 19 heavy (non-hydrogen) atoms. The Hall–Kier alpha value is -1.69. The third-order valence-corrected chi connectivity index (χ3v) is 3.18. The van der Waals surface area contributed by atoms with Crippen molar-refractivity contribution in [2.75, 3.05) is 13.1 Å². The molecule has 0 spiro atoms. The molecule has 1 aliphatic heterocycles. The van der Waals surface area contributed by atoms with Gasteiger partial charge in [-0.15, -0.1) is 0 Å². The molecule has 0 aliphatic carbocycles. The summed E-state index contributed by atoms with van der Waals surface area (Å²) in [6.07, 6.45) is 0.655. The van der Waals surface area contributed by atoms with Crippen molar-refractivity contribution in [3.8, 4) is 5.75 Å². The number of hydrogen-bond donors (Lipinski definition) is 1. The summed E-state index contributed by atoms with van der Waals surface area (Å²) in [6, 6.07) is 6.41. The van der Waals surface area contributed by atoms with E-state index in [0.29, 0.717) is 19.5 Å². The first-order chi connectivity index (χ1) is 9.04. The molecule has 104 valence electrons. The van der Waals surface area contributed by atoms with Crippen molar-refractivity contribution < 1.29 is 23.4 Å². The zero-order chi connectivity index (χ0) is 13.8. The average Bonchev–Trinajstić information content (AvgIpc) is 2.80. The highest BCUT2D eigenvalue weighted by atomic mass is 19.3. The molecule has 1 fully saturated rings. The van der Waals surface area contributed by atoms with E-state index in [2.05, 4.69) is 4.74 Å². The highest BCUT2D eigenvalue weighted by Gasteiger charge is 2.27. The lowest BCUT2D eigenvalue weighted by Gasteiger charge is -2.15. The quantitative estimate of drug-likeness (QED) is 0.892. The molecule has 0 amide bonds. The number of likely N-dealkylation sites (tertiary alicyclic amines) is 1. The molecule has 1 aromatic rings. The van der Waals surface area contributed by atoms with Crippen LogP contribution in [0.1, 0.15) is 12.0 Å². The number of nitrogens with zero attached hydrogens (tertiary/aromatic N) is 1. The first-order valence-corrected chi connectivity index (χ1v) is 6.03. The summed E-state index contributed by atoms with van der Waals surface area (Å²) in [5.41, 5.74) is 0.952. The number of carbonyl (C=O) groups is 1. The van der Waals surface area contributed by atoms with Crippen molar-refractivity contribution in [3.05, 3.63) is 29.8 Å². The maximum Gasteiger partial charge on any atom is 0.387 e. The Labute approximate surface area is 109 Å². The first kappa shape index (κ1) is 13.7. The minimum Gasteiger partial charge on any atom is -0.481 e. The molecule has 1 aromatic carbocycles. The molecule has 1 unspecified atom stereocenters. The van der Waals surface area contributed by atoms with Gasteiger partial charge >= 0.3 is 12.6 Å². The number of rotatable bonds is 5. The molecule has 0 bridgehead atoms. The lowest BCUT2D eigenvalue weighted by Crippen LogP contribution is -2.22. The highest BCUT2D eigenvalue weighted by molar-refractivity contribution is 5.70. The van der Waals surface area contributed by atoms with Crippen LogP contribution in [-0.4, -0.2) is 35.7 Å². The second-order valence-corrected chi connectivity index (χ2v) is 4.58. The van der Waals surface area contributed by atoms with E-state index >= 15 is 0 Å². The van der Waals surface area contributed by atoms with E-state index in [4.69, 9.17) is 5.11 Å². The lowest BCUT2D eigenvalue weighted by atomic mass is 10.1. The van der Waals surface area contributed by atoms with Crippen molar-refractivity contribution in [2.24, 2.45) is 5.92 Å². The fourth-order valence-corrected chi connectivity index (χ4v) is 2.21. The summed E-state index contributed by atoms with van der Waals surface area (Å²) in [5, 5.41) is 8.90. The van der Waals surface area contributed by atoms with Gasteiger partial charge in [0.25, 0.3) is 0 Å². The number of halogens is 2. The summed E-state index contributed by atoms with van der Waals surface area (Å²) >= 11 is 0. The zero-order valence-corrected chi connectivity index (χ0v) is 10.3. The predicted octanol–water partition coefficient (Wildman–Crippen LogP) is 2.19. The molecule has 1 atom stereocenters. The average molecular weight is 271 g/mol. The molecule has 0 radical (unpaired) electrons. The third kappa shape index (κ3) is 3.89. The Morgan fingerprint density at radius 1 is 1.42 bits per heavy atom. The van der Waals surface area contributed by atoms with Crippen LogP contribution >= 0.6 is 0 Å². The van der Waals surface area contributed by atoms with Gasteiger partial charge in [-0.25, -0.2) is 0 Å². The van der Waals surface area contributed by atoms with Crippen LogP contribution < -0.4 is 4.74 Å². The third-order valence-electron chi connectivity index (χ3n) is 3.18. The van der Waals surface area contributed by atoms with Crippen LogP contribution in [0, 0.1) is 5.92 Å². The molecular formula is C13H15F2NO3. The molecule has 2 rings (SSSR count). The molecule has 0 saturated carbocycles. The monoisotopic (exact) mass is 271 g/mol. The topological polar surface area (TPSA) is 49.8 Å². The second kappa shape index (κ2) is 5.97. The summed E-state index contributed by atoms with van der Waals surface area (Å²) in [5.74, 6) is -0.937. The van der Waals surface area contributed by atoms with Gasteiger partial charge in [0.1, 0.15) is 5.75 Å². The Bertz CT molecular complexity index is 436. The molecule has 0 aromatic heterocycles. The molecular weight excluding hydrogens is 256 g/mol. The van der Waals surface area contributed by atoms with Crippen LogP contribution in [0.15, 0.2) is 24.3 Å². The lowest BCUT2D eigenvalue weighted by molar-refractivity contribution is -0.141. The smallest absolute Gasteiger partial charge is 0.387 e. The number of benzene rings is 1. The minimum atomic E-state index is -2.82. The Morgan fingerprint density at radius 2 is 2.11 bits per heavy atom. The SMILES string of the molecule is O=C(O)C1CCN(Cc2ccc(OC(F)F)cc2)C1. The predicted molar refractivity (Wildman–Crippen MR) is 64.1 cm³/mol. The molecule has 6 heteroatoms.